The normalized spacial score (nSPS) is 20.1. The van der Waals surface area contributed by atoms with Crippen molar-refractivity contribution in [1.82, 2.24) is 5.32 Å². The summed E-state index contributed by atoms with van der Waals surface area (Å²) in [6.07, 6.45) is 4.99. The van der Waals surface area contributed by atoms with Gasteiger partial charge in [0.15, 0.2) is 0 Å². The van der Waals surface area contributed by atoms with E-state index in [1.807, 2.05) is 0 Å². The monoisotopic (exact) mass is 366 g/mol. The van der Waals surface area contributed by atoms with Gasteiger partial charge in [0.05, 0.1) is 5.54 Å². The smallest absolute Gasteiger partial charge is 0.0948 e. The van der Waals surface area contributed by atoms with Gasteiger partial charge in [0.1, 0.15) is 0 Å². The van der Waals surface area contributed by atoms with Gasteiger partial charge < -0.3 is 5.73 Å². The molecule has 0 saturated heterocycles. The van der Waals surface area contributed by atoms with Crippen molar-refractivity contribution in [3.8, 4) is 0 Å². The predicted octanol–water partition coefficient (Wildman–Crippen LogP) is 4.50. The highest BCUT2D eigenvalue weighted by Gasteiger charge is 2.52. The first-order chi connectivity index (χ1) is 13.8. The Morgan fingerprint density at radius 1 is 0.786 bits per heavy atom. The van der Waals surface area contributed by atoms with Gasteiger partial charge >= 0.3 is 0 Å². The minimum atomic E-state index is -0.419. The molecule has 0 bridgehead atoms. The largest absolute Gasteiger partial charge is 0.329 e. The van der Waals surface area contributed by atoms with Crippen LogP contribution in [0.15, 0.2) is 96.6 Å². The van der Waals surface area contributed by atoms with E-state index in [0.29, 0.717) is 12.0 Å². The fourth-order valence-electron chi connectivity index (χ4n) is 4.82. The van der Waals surface area contributed by atoms with Crippen molar-refractivity contribution in [2.75, 3.05) is 13.1 Å². The Bertz CT molecular complexity index is 950. The van der Waals surface area contributed by atoms with Crippen LogP contribution in [-0.4, -0.2) is 13.1 Å². The Morgan fingerprint density at radius 3 is 1.79 bits per heavy atom. The van der Waals surface area contributed by atoms with Crippen LogP contribution < -0.4 is 11.1 Å². The minimum Gasteiger partial charge on any atom is -0.329 e. The molecule has 0 aromatic heterocycles. The van der Waals surface area contributed by atoms with Crippen molar-refractivity contribution in [3.63, 3.8) is 0 Å². The summed E-state index contributed by atoms with van der Waals surface area (Å²) in [4.78, 5) is 0. The SMILES string of the molecule is NCCNC(c1ccccc1)(c1ccccc1)c1ccc(C23C=C2CC3)cc1. The molecule has 3 aromatic carbocycles. The van der Waals surface area contributed by atoms with Crippen molar-refractivity contribution < 1.29 is 0 Å². The van der Waals surface area contributed by atoms with Gasteiger partial charge in [-0.2, -0.15) is 0 Å². The molecule has 1 atom stereocenters. The van der Waals surface area contributed by atoms with E-state index in [9.17, 15) is 0 Å². The van der Waals surface area contributed by atoms with E-state index >= 15 is 0 Å². The number of nitrogens with one attached hydrogen (secondary N) is 1. The molecule has 2 heteroatoms. The summed E-state index contributed by atoms with van der Waals surface area (Å²) in [6, 6.07) is 30.6. The molecular weight excluding hydrogens is 340 g/mol. The van der Waals surface area contributed by atoms with Gasteiger partial charge in [-0.05, 0) is 35.1 Å². The van der Waals surface area contributed by atoms with E-state index < -0.39 is 5.54 Å². The molecule has 0 radical (unpaired) electrons. The zero-order valence-corrected chi connectivity index (χ0v) is 16.1. The molecule has 0 spiro atoms. The fourth-order valence-corrected chi connectivity index (χ4v) is 4.82. The van der Waals surface area contributed by atoms with Gasteiger partial charge in [0.25, 0.3) is 0 Å². The lowest BCUT2D eigenvalue weighted by Crippen LogP contribution is -2.46. The minimum absolute atomic E-state index is 0.311. The van der Waals surface area contributed by atoms with Crippen molar-refractivity contribution in [2.45, 2.75) is 23.8 Å². The summed E-state index contributed by atoms with van der Waals surface area (Å²) in [5.74, 6) is 0. The second-order valence-electron chi connectivity index (χ2n) is 7.92. The molecule has 2 aliphatic carbocycles. The first kappa shape index (κ1) is 17.4. The third-order valence-corrected chi connectivity index (χ3v) is 6.48. The van der Waals surface area contributed by atoms with Crippen LogP contribution in [0.5, 0.6) is 0 Å². The Morgan fingerprint density at radius 2 is 1.36 bits per heavy atom. The number of benzene rings is 3. The number of hydrogen-bond donors (Lipinski definition) is 2. The molecular formula is C26H26N2. The number of allylic oxidation sites excluding steroid dienone is 2. The lowest BCUT2D eigenvalue weighted by Gasteiger charge is -2.37. The summed E-state index contributed by atoms with van der Waals surface area (Å²) >= 11 is 0. The van der Waals surface area contributed by atoms with Crippen LogP contribution in [0.1, 0.15) is 35.1 Å². The lowest BCUT2D eigenvalue weighted by molar-refractivity contribution is 0.478. The van der Waals surface area contributed by atoms with Crippen molar-refractivity contribution in [3.05, 3.63) is 119 Å². The van der Waals surface area contributed by atoms with Gasteiger partial charge in [-0.15, -0.1) is 0 Å². The Hall–Kier alpha value is -2.68. The van der Waals surface area contributed by atoms with E-state index in [1.54, 1.807) is 5.57 Å². The number of rotatable bonds is 7. The highest BCUT2D eigenvalue weighted by molar-refractivity contribution is 5.61. The summed E-state index contributed by atoms with van der Waals surface area (Å²) < 4.78 is 0. The van der Waals surface area contributed by atoms with Crippen LogP contribution in [0.3, 0.4) is 0 Å². The van der Waals surface area contributed by atoms with Gasteiger partial charge in [0.2, 0.25) is 0 Å². The van der Waals surface area contributed by atoms with Crippen molar-refractivity contribution in [1.29, 1.82) is 0 Å². The maximum absolute atomic E-state index is 5.91. The third-order valence-electron chi connectivity index (χ3n) is 6.48. The highest BCUT2D eigenvalue weighted by Crippen LogP contribution is 2.61. The number of nitrogens with two attached hydrogens (primary N) is 1. The quantitative estimate of drug-likeness (QED) is 0.477. The summed E-state index contributed by atoms with van der Waals surface area (Å²) in [7, 11) is 0. The topological polar surface area (TPSA) is 38.0 Å². The van der Waals surface area contributed by atoms with Crippen LogP contribution >= 0.6 is 0 Å². The highest BCUT2D eigenvalue weighted by atomic mass is 15.0. The Balaban J connectivity index is 1.64. The molecule has 1 fully saturated rings. The molecule has 28 heavy (non-hydrogen) atoms. The molecule has 2 nitrogen and oxygen atoms in total. The van der Waals surface area contributed by atoms with Crippen LogP contribution in [0.4, 0.5) is 0 Å². The van der Waals surface area contributed by atoms with E-state index in [2.05, 4.69) is 96.3 Å². The molecule has 3 N–H and O–H groups in total. The summed E-state index contributed by atoms with van der Waals surface area (Å²) in [5.41, 5.74) is 12.6. The Kier molecular flexibility index (Phi) is 4.19. The second kappa shape index (κ2) is 6.73. The molecule has 140 valence electrons. The zero-order chi connectivity index (χ0) is 19.0. The molecule has 1 unspecified atom stereocenters. The maximum Gasteiger partial charge on any atom is 0.0948 e. The lowest BCUT2D eigenvalue weighted by atomic mass is 9.73. The first-order valence-electron chi connectivity index (χ1n) is 10.2. The molecule has 0 heterocycles. The molecule has 0 aliphatic heterocycles. The average molecular weight is 367 g/mol. The van der Waals surface area contributed by atoms with Crippen LogP contribution in [0.25, 0.3) is 0 Å². The zero-order valence-electron chi connectivity index (χ0n) is 16.1. The van der Waals surface area contributed by atoms with E-state index in [-0.39, 0.29) is 0 Å². The van der Waals surface area contributed by atoms with Gasteiger partial charge in [-0.1, -0.05) is 96.6 Å². The standard InChI is InChI=1S/C26H26N2/c27-17-18-28-26(21-7-3-1-4-8-21,22-9-5-2-6-10-22)23-13-11-20(12-14-23)25-16-15-24(25)19-25/h1-14,19,28H,15-18,27H2. The molecule has 5 rings (SSSR count). The van der Waals surface area contributed by atoms with Gasteiger partial charge in [-0.3, -0.25) is 5.32 Å². The van der Waals surface area contributed by atoms with Crippen molar-refractivity contribution >= 4 is 0 Å². The average Bonchev–Trinajstić information content (AvgIpc) is 3.31. The van der Waals surface area contributed by atoms with Crippen LogP contribution in [0, 0.1) is 0 Å². The van der Waals surface area contributed by atoms with E-state index in [0.717, 1.165) is 6.54 Å². The fraction of sp³-hybridized carbons (Fsp3) is 0.231. The second-order valence-corrected chi connectivity index (χ2v) is 7.92. The number of hydrogen-bond acceptors (Lipinski definition) is 2. The molecule has 1 saturated carbocycles. The van der Waals surface area contributed by atoms with E-state index in [4.69, 9.17) is 5.73 Å². The van der Waals surface area contributed by atoms with Crippen molar-refractivity contribution in [2.24, 2.45) is 5.73 Å². The van der Waals surface area contributed by atoms with E-state index in [1.165, 1.54) is 35.1 Å². The third kappa shape index (κ3) is 2.56. The van der Waals surface area contributed by atoms with Crippen LogP contribution in [0.2, 0.25) is 0 Å². The molecule has 3 aromatic rings. The molecule has 2 aliphatic rings. The Labute approximate surface area is 167 Å². The maximum atomic E-state index is 5.91. The summed E-state index contributed by atoms with van der Waals surface area (Å²) in [5, 5.41) is 3.79. The first-order valence-corrected chi connectivity index (χ1v) is 10.2. The van der Waals surface area contributed by atoms with Gasteiger partial charge in [-0.25, -0.2) is 0 Å². The summed E-state index contributed by atoms with van der Waals surface area (Å²) in [6.45, 7) is 1.33. The molecule has 0 amide bonds. The van der Waals surface area contributed by atoms with Gasteiger partial charge in [0, 0.05) is 18.5 Å². The predicted molar refractivity (Wildman–Crippen MR) is 115 cm³/mol. The number of fused-ring (bicyclic) bond motifs is 1. The van der Waals surface area contributed by atoms with Crippen LogP contribution in [-0.2, 0) is 11.0 Å².